The number of fused-ring (bicyclic) bond motifs is 1. The van der Waals surface area contributed by atoms with Crippen LogP contribution in [0.25, 0.3) is 11.2 Å². The third kappa shape index (κ3) is 4.01. The quantitative estimate of drug-likeness (QED) is 0.637. The lowest BCUT2D eigenvalue weighted by molar-refractivity contribution is -0.274. The van der Waals surface area contributed by atoms with E-state index in [0.717, 1.165) is 12.1 Å². The van der Waals surface area contributed by atoms with Gasteiger partial charge < -0.3 is 24.4 Å². The molecular weight excluding hydrogens is 409 g/mol. The predicted molar refractivity (Wildman–Crippen MR) is 94.4 cm³/mol. The summed E-state index contributed by atoms with van der Waals surface area (Å²) in [6.07, 6.45) is -5.66. The molecule has 160 valence electrons. The van der Waals surface area contributed by atoms with Gasteiger partial charge in [0.1, 0.15) is 47.9 Å². The van der Waals surface area contributed by atoms with Crippen LogP contribution < -0.4 is 9.47 Å². The van der Waals surface area contributed by atoms with E-state index in [9.17, 15) is 23.4 Å². The van der Waals surface area contributed by atoms with E-state index < -0.39 is 30.9 Å². The molecule has 0 amide bonds. The largest absolute Gasteiger partial charge is 0.573 e. The van der Waals surface area contributed by atoms with Crippen LogP contribution in [0.1, 0.15) is 18.8 Å². The Balaban J connectivity index is 1.50. The molecule has 2 N–H and O–H groups in total. The molecule has 0 aliphatic carbocycles. The Bertz CT molecular complexity index is 1030. The number of halogens is 3. The first-order chi connectivity index (χ1) is 14.2. The molecule has 2 aromatic heterocycles. The highest BCUT2D eigenvalue weighted by molar-refractivity contribution is 5.73. The van der Waals surface area contributed by atoms with Crippen molar-refractivity contribution in [2.75, 3.05) is 0 Å². The minimum absolute atomic E-state index is 0.0252. The molecule has 0 bridgehead atoms. The number of nitrogens with zero attached hydrogens (tertiary/aromatic N) is 4. The summed E-state index contributed by atoms with van der Waals surface area (Å²) in [6.45, 7) is 1.62. The van der Waals surface area contributed by atoms with Crippen molar-refractivity contribution in [2.45, 2.75) is 44.4 Å². The maximum atomic E-state index is 12.2. The number of hydrogen-bond acceptors (Lipinski definition) is 8. The van der Waals surface area contributed by atoms with Gasteiger partial charge in [0.25, 0.3) is 0 Å². The lowest BCUT2D eigenvalue weighted by Crippen LogP contribution is -2.30. The molecule has 12 heteroatoms. The third-order valence-electron chi connectivity index (χ3n) is 4.62. The van der Waals surface area contributed by atoms with Gasteiger partial charge in [-0.25, -0.2) is 15.0 Å². The van der Waals surface area contributed by atoms with Gasteiger partial charge in [-0.3, -0.25) is 4.57 Å². The van der Waals surface area contributed by atoms with Crippen molar-refractivity contribution in [3.05, 3.63) is 42.6 Å². The molecule has 4 rings (SSSR count). The molecular formula is C18H17F3N4O5. The summed E-state index contributed by atoms with van der Waals surface area (Å²) in [5.41, 5.74) is 1.21. The number of hydrogen-bond donors (Lipinski definition) is 2. The molecule has 0 spiro atoms. The summed E-state index contributed by atoms with van der Waals surface area (Å²) in [5, 5.41) is 20.1. The van der Waals surface area contributed by atoms with Crippen LogP contribution in [0.15, 0.2) is 36.9 Å². The van der Waals surface area contributed by atoms with E-state index in [0.29, 0.717) is 22.6 Å². The van der Waals surface area contributed by atoms with Gasteiger partial charge >= 0.3 is 6.36 Å². The third-order valence-corrected chi connectivity index (χ3v) is 4.62. The molecule has 9 nitrogen and oxygen atoms in total. The van der Waals surface area contributed by atoms with E-state index in [1.165, 1.54) is 29.4 Å². The summed E-state index contributed by atoms with van der Waals surface area (Å²) in [6, 6.07) is 4.95. The van der Waals surface area contributed by atoms with E-state index in [4.69, 9.17) is 9.47 Å². The Kier molecular flexibility index (Phi) is 5.22. The molecule has 3 aromatic rings. The van der Waals surface area contributed by atoms with Crippen molar-refractivity contribution in [2.24, 2.45) is 0 Å². The number of benzene rings is 1. The lowest BCUT2D eigenvalue weighted by atomic mass is 10.1. The van der Waals surface area contributed by atoms with Crippen LogP contribution in [0.4, 0.5) is 13.2 Å². The molecule has 0 saturated carbocycles. The zero-order valence-electron chi connectivity index (χ0n) is 15.5. The van der Waals surface area contributed by atoms with Crippen LogP contribution in [-0.2, 0) is 11.3 Å². The first kappa shape index (κ1) is 20.3. The zero-order valence-corrected chi connectivity index (χ0v) is 15.5. The highest BCUT2D eigenvalue weighted by Crippen LogP contribution is 2.31. The summed E-state index contributed by atoms with van der Waals surface area (Å²) < 4.78 is 53.2. The van der Waals surface area contributed by atoms with Crippen molar-refractivity contribution >= 4 is 11.2 Å². The Morgan fingerprint density at radius 2 is 1.77 bits per heavy atom. The minimum atomic E-state index is -4.77. The van der Waals surface area contributed by atoms with Gasteiger partial charge in [-0.1, -0.05) is 0 Å². The molecule has 1 saturated heterocycles. The summed E-state index contributed by atoms with van der Waals surface area (Å²) >= 11 is 0. The molecule has 1 fully saturated rings. The molecule has 0 radical (unpaired) electrons. The maximum Gasteiger partial charge on any atom is 0.573 e. The summed E-state index contributed by atoms with van der Waals surface area (Å²) in [5.74, 6) is -0.0493. The number of aromatic nitrogens is 4. The van der Waals surface area contributed by atoms with Gasteiger partial charge in [0, 0.05) is 0 Å². The number of rotatable bonds is 5. The number of ether oxygens (including phenoxy) is 3. The Hall–Kier alpha value is -2.96. The first-order valence-electron chi connectivity index (χ1n) is 8.89. The molecule has 0 unspecified atom stereocenters. The van der Waals surface area contributed by atoms with Gasteiger partial charge in [0.2, 0.25) is 0 Å². The SMILES string of the molecule is C[C@H]1O[C@@H](n2cnc3c(COc4ccc(OC(F)(F)F)cc4)ncnc32)[C@H](O)[C@@H]1O. The van der Waals surface area contributed by atoms with Crippen molar-refractivity contribution < 1.29 is 37.6 Å². The fraction of sp³-hybridized carbons (Fsp3) is 0.389. The highest BCUT2D eigenvalue weighted by Gasteiger charge is 2.42. The van der Waals surface area contributed by atoms with Crippen LogP contribution in [0.3, 0.4) is 0 Å². The van der Waals surface area contributed by atoms with E-state index in [2.05, 4.69) is 19.7 Å². The van der Waals surface area contributed by atoms with Gasteiger partial charge in [-0.15, -0.1) is 13.2 Å². The topological polar surface area (TPSA) is 112 Å². The van der Waals surface area contributed by atoms with Gasteiger partial charge in [-0.2, -0.15) is 0 Å². The fourth-order valence-electron chi connectivity index (χ4n) is 3.14. The molecule has 3 heterocycles. The number of aliphatic hydroxyl groups excluding tert-OH is 2. The van der Waals surface area contributed by atoms with E-state index in [1.54, 1.807) is 6.92 Å². The average Bonchev–Trinajstić information content (AvgIpc) is 3.23. The minimum Gasteiger partial charge on any atom is -0.487 e. The van der Waals surface area contributed by atoms with Crippen LogP contribution >= 0.6 is 0 Å². The van der Waals surface area contributed by atoms with Crippen LogP contribution in [0.2, 0.25) is 0 Å². The van der Waals surface area contributed by atoms with E-state index in [1.807, 2.05) is 0 Å². The van der Waals surface area contributed by atoms with Gasteiger partial charge in [-0.05, 0) is 31.2 Å². The molecule has 1 aliphatic rings. The fourth-order valence-corrected chi connectivity index (χ4v) is 3.14. The van der Waals surface area contributed by atoms with E-state index >= 15 is 0 Å². The van der Waals surface area contributed by atoms with Gasteiger partial charge in [0.15, 0.2) is 11.9 Å². The summed E-state index contributed by atoms with van der Waals surface area (Å²) in [7, 11) is 0. The Morgan fingerprint density at radius 3 is 2.40 bits per heavy atom. The monoisotopic (exact) mass is 426 g/mol. The van der Waals surface area contributed by atoms with Crippen LogP contribution in [0, 0.1) is 0 Å². The Labute approximate surface area is 167 Å². The molecule has 1 aromatic carbocycles. The second-order valence-corrected chi connectivity index (χ2v) is 6.67. The smallest absolute Gasteiger partial charge is 0.487 e. The normalized spacial score (nSPS) is 24.3. The second kappa shape index (κ2) is 7.70. The number of imidazole rings is 1. The number of aliphatic hydroxyl groups is 2. The van der Waals surface area contributed by atoms with Crippen molar-refractivity contribution in [1.82, 2.24) is 19.5 Å². The zero-order chi connectivity index (χ0) is 21.5. The number of alkyl halides is 3. The van der Waals surface area contributed by atoms with Gasteiger partial charge in [0.05, 0.1) is 12.4 Å². The lowest BCUT2D eigenvalue weighted by Gasteiger charge is -2.16. The van der Waals surface area contributed by atoms with Crippen LogP contribution in [-0.4, -0.2) is 54.4 Å². The van der Waals surface area contributed by atoms with E-state index in [-0.39, 0.29) is 12.4 Å². The molecule has 4 atom stereocenters. The maximum absolute atomic E-state index is 12.2. The predicted octanol–water partition coefficient (Wildman–Crippen LogP) is 1.94. The highest BCUT2D eigenvalue weighted by atomic mass is 19.4. The first-order valence-corrected chi connectivity index (χ1v) is 8.89. The van der Waals surface area contributed by atoms with Crippen molar-refractivity contribution in [3.63, 3.8) is 0 Å². The standard InChI is InChI=1S/C18H17F3N4O5/c1-9-14(26)15(27)17(29-9)25-8-24-13-12(22-7-23-16(13)25)6-28-10-2-4-11(5-3-10)30-18(19,20)21/h2-5,7-9,14-15,17,26-27H,6H2,1H3/t9-,14-,15-,17-/m1/s1. The average molecular weight is 426 g/mol. The van der Waals surface area contributed by atoms with Crippen molar-refractivity contribution in [1.29, 1.82) is 0 Å². The summed E-state index contributed by atoms with van der Waals surface area (Å²) in [4.78, 5) is 12.6. The molecule has 30 heavy (non-hydrogen) atoms. The van der Waals surface area contributed by atoms with Crippen LogP contribution in [0.5, 0.6) is 11.5 Å². The Morgan fingerprint density at radius 1 is 1.07 bits per heavy atom. The second-order valence-electron chi connectivity index (χ2n) is 6.67. The molecule has 1 aliphatic heterocycles. The van der Waals surface area contributed by atoms with Crippen molar-refractivity contribution in [3.8, 4) is 11.5 Å².